The monoisotopic (exact) mass is 264 g/mol. The molecule has 0 saturated heterocycles. The van der Waals surface area contributed by atoms with Crippen molar-refractivity contribution in [3.8, 4) is 0 Å². The fourth-order valence-corrected chi connectivity index (χ4v) is 1.67. The SMILES string of the molecule is CC[C@@H](CO)NC(=O)c1ccccc1N(C)C(C)=O. The third kappa shape index (κ3) is 3.79. The smallest absolute Gasteiger partial charge is 0.253 e. The van der Waals surface area contributed by atoms with Crippen LogP contribution in [0.25, 0.3) is 0 Å². The number of nitrogens with zero attached hydrogens (tertiary/aromatic N) is 1. The van der Waals surface area contributed by atoms with E-state index in [1.54, 1.807) is 31.3 Å². The van der Waals surface area contributed by atoms with Crippen molar-refractivity contribution in [2.75, 3.05) is 18.6 Å². The minimum absolute atomic E-state index is 0.104. The van der Waals surface area contributed by atoms with E-state index in [1.807, 2.05) is 6.92 Å². The molecule has 0 fully saturated rings. The Morgan fingerprint density at radius 3 is 2.53 bits per heavy atom. The summed E-state index contributed by atoms with van der Waals surface area (Å²) in [4.78, 5) is 25.0. The van der Waals surface area contributed by atoms with Crippen LogP contribution in [0, 0.1) is 0 Å². The van der Waals surface area contributed by atoms with E-state index in [-0.39, 0.29) is 24.5 Å². The zero-order valence-corrected chi connectivity index (χ0v) is 11.5. The zero-order chi connectivity index (χ0) is 14.4. The average Bonchev–Trinajstić information content (AvgIpc) is 2.43. The van der Waals surface area contributed by atoms with Gasteiger partial charge in [0, 0.05) is 14.0 Å². The van der Waals surface area contributed by atoms with Crippen LogP contribution >= 0.6 is 0 Å². The van der Waals surface area contributed by atoms with Crippen molar-refractivity contribution in [2.24, 2.45) is 0 Å². The topological polar surface area (TPSA) is 69.6 Å². The Morgan fingerprint density at radius 1 is 1.37 bits per heavy atom. The third-order valence-electron chi connectivity index (χ3n) is 3.03. The van der Waals surface area contributed by atoms with Crippen LogP contribution in [0.2, 0.25) is 0 Å². The van der Waals surface area contributed by atoms with Crippen LogP contribution in [0.1, 0.15) is 30.6 Å². The van der Waals surface area contributed by atoms with E-state index in [9.17, 15) is 9.59 Å². The van der Waals surface area contributed by atoms with E-state index in [0.717, 1.165) is 0 Å². The Morgan fingerprint density at radius 2 is 2.00 bits per heavy atom. The van der Waals surface area contributed by atoms with Crippen LogP contribution in [0.4, 0.5) is 5.69 Å². The lowest BCUT2D eigenvalue weighted by Crippen LogP contribution is -2.38. The second-order valence-corrected chi connectivity index (χ2v) is 4.36. The third-order valence-corrected chi connectivity index (χ3v) is 3.03. The molecule has 0 radical (unpaired) electrons. The highest BCUT2D eigenvalue weighted by Gasteiger charge is 2.17. The van der Waals surface area contributed by atoms with Crippen LogP contribution in [0.15, 0.2) is 24.3 Å². The molecule has 1 atom stereocenters. The maximum Gasteiger partial charge on any atom is 0.253 e. The minimum atomic E-state index is -0.287. The first kappa shape index (κ1) is 15.2. The predicted molar refractivity (Wildman–Crippen MR) is 74.2 cm³/mol. The fourth-order valence-electron chi connectivity index (χ4n) is 1.67. The number of hydrogen-bond donors (Lipinski definition) is 2. The Kier molecular flexibility index (Phi) is 5.51. The molecule has 5 heteroatoms. The number of amides is 2. The maximum atomic E-state index is 12.2. The Hall–Kier alpha value is -1.88. The molecule has 0 spiro atoms. The molecule has 5 nitrogen and oxygen atoms in total. The standard InChI is InChI=1S/C14H20N2O3/c1-4-11(9-17)15-14(19)12-7-5-6-8-13(12)16(3)10(2)18/h5-8,11,17H,4,9H2,1-3H3,(H,15,19)/t11-/m0/s1. The normalized spacial score (nSPS) is 11.8. The summed E-state index contributed by atoms with van der Waals surface area (Å²) in [5.41, 5.74) is 0.979. The molecular formula is C14H20N2O3. The van der Waals surface area contributed by atoms with Crippen molar-refractivity contribution in [1.82, 2.24) is 5.32 Å². The van der Waals surface area contributed by atoms with Crippen molar-refractivity contribution in [3.05, 3.63) is 29.8 Å². The average molecular weight is 264 g/mol. The first-order valence-electron chi connectivity index (χ1n) is 6.26. The van der Waals surface area contributed by atoms with Gasteiger partial charge in [-0.15, -0.1) is 0 Å². The fraction of sp³-hybridized carbons (Fsp3) is 0.429. The Bertz CT molecular complexity index is 456. The van der Waals surface area contributed by atoms with Gasteiger partial charge in [0.25, 0.3) is 5.91 Å². The molecule has 1 aromatic rings. The molecule has 0 saturated carbocycles. The van der Waals surface area contributed by atoms with Crippen molar-refractivity contribution in [3.63, 3.8) is 0 Å². The van der Waals surface area contributed by atoms with E-state index >= 15 is 0 Å². The maximum absolute atomic E-state index is 12.2. The number of carbonyl (C=O) groups excluding carboxylic acids is 2. The lowest BCUT2D eigenvalue weighted by atomic mass is 10.1. The second-order valence-electron chi connectivity index (χ2n) is 4.36. The molecular weight excluding hydrogens is 244 g/mol. The van der Waals surface area contributed by atoms with Gasteiger partial charge in [-0.1, -0.05) is 19.1 Å². The van der Waals surface area contributed by atoms with Gasteiger partial charge in [-0.2, -0.15) is 0 Å². The van der Waals surface area contributed by atoms with E-state index in [0.29, 0.717) is 17.7 Å². The predicted octanol–water partition coefficient (Wildman–Crippen LogP) is 1.17. The summed E-state index contributed by atoms with van der Waals surface area (Å²) in [5, 5.41) is 11.8. The second kappa shape index (κ2) is 6.89. The molecule has 0 aliphatic rings. The molecule has 0 aliphatic heterocycles. The van der Waals surface area contributed by atoms with Gasteiger partial charge in [0.2, 0.25) is 5.91 Å². The first-order valence-corrected chi connectivity index (χ1v) is 6.26. The van der Waals surface area contributed by atoms with E-state index < -0.39 is 0 Å². The molecule has 0 bridgehead atoms. The molecule has 104 valence electrons. The van der Waals surface area contributed by atoms with Crippen LogP contribution in [-0.4, -0.2) is 36.6 Å². The molecule has 1 rings (SSSR count). The van der Waals surface area contributed by atoms with Crippen molar-refractivity contribution in [1.29, 1.82) is 0 Å². The molecule has 1 aromatic carbocycles. The van der Waals surface area contributed by atoms with Gasteiger partial charge in [0.05, 0.1) is 23.9 Å². The van der Waals surface area contributed by atoms with Gasteiger partial charge < -0.3 is 15.3 Å². The lowest BCUT2D eigenvalue weighted by molar-refractivity contribution is -0.116. The highest BCUT2D eigenvalue weighted by atomic mass is 16.3. The molecule has 0 aliphatic carbocycles. The van der Waals surface area contributed by atoms with Gasteiger partial charge in [-0.3, -0.25) is 9.59 Å². The van der Waals surface area contributed by atoms with E-state index in [4.69, 9.17) is 5.11 Å². The number of nitrogens with one attached hydrogen (secondary N) is 1. The summed E-state index contributed by atoms with van der Waals surface area (Å²) >= 11 is 0. The molecule has 0 aromatic heterocycles. The molecule has 0 unspecified atom stereocenters. The number of aliphatic hydroxyl groups excluding tert-OH is 1. The minimum Gasteiger partial charge on any atom is -0.394 e. The van der Waals surface area contributed by atoms with Crippen LogP contribution in [-0.2, 0) is 4.79 Å². The summed E-state index contributed by atoms with van der Waals surface area (Å²) in [5.74, 6) is -0.431. The Balaban J connectivity index is 3.00. The van der Waals surface area contributed by atoms with Crippen LogP contribution < -0.4 is 10.2 Å². The van der Waals surface area contributed by atoms with Gasteiger partial charge >= 0.3 is 0 Å². The highest BCUT2D eigenvalue weighted by molar-refractivity contribution is 6.04. The number of para-hydroxylation sites is 1. The van der Waals surface area contributed by atoms with Gasteiger partial charge in [0.15, 0.2) is 0 Å². The number of anilines is 1. The molecule has 2 amide bonds. The number of rotatable bonds is 5. The number of benzene rings is 1. The summed E-state index contributed by atoms with van der Waals surface area (Å²) in [6.45, 7) is 3.22. The van der Waals surface area contributed by atoms with Crippen LogP contribution in [0.5, 0.6) is 0 Å². The van der Waals surface area contributed by atoms with Crippen molar-refractivity contribution in [2.45, 2.75) is 26.3 Å². The number of carbonyl (C=O) groups is 2. The molecule has 0 heterocycles. The zero-order valence-electron chi connectivity index (χ0n) is 11.5. The van der Waals surface area contributed by atoms with E-state index in [1.165, 1.54) is 11.8 Å². The first-order chi connectivity index (χ1) is 9.01. The van der Waals surface area contributed by atoms with Gasteiger partial charge in [-0.05, 0) is 18.6 Å². The highest BCUT2D eigenvalue weighted by Crippen LogP contribution is 2.19. The van der Waals surface area contributed by atoms with Gasteiger partial charge in [-0.25, -0.2) is 0 Å². The summed E-state index contributed by atoms with van der Waals surface area (Å²) in [6, 6.07) is 6.62. The lowest BCUT2D eigenvalue weighted by Gasteiger charge is -2.20. The molecule has 2 N–H and O–H groups in total. The quantitative estimate of drug-likeness (QED) is 0.838. The van der Waals surface area contributed by atoms with Gasteiger partial charge in [0.1, 0.15) is 0 Å². The van der Waals surface area contributed by atoms with Crippen molar-refractivity contribution < 1.29 is 14.7 Å². The summed E-state index contributed by atoms with van der Waals surface area (Å²) in [7, 11) is 1.62. The van der Waals surface area contributed by atoms with Crippen LogP contribution in [0.3, 0.4) is 0 Å². The summed E-state index contributed by atoms with van der Waals surface area (Å²) < 4.78 is 0. The molecule has 19 heavy (non-hydrogen) atoms. The summed E-state index contributed by atoms with van der Waals surface area (Å²) in [6.07, 6.45) is 0.646. The Labute approximate surface area is 113 Å². The van der Waals surface area contributed by atoms with E-state index in [2.05, 4.69) is 5.32 Å². The number of aliphatic hydroxyl groups is 1. The van der Waals surface area contributed by atoms with Crippen molar-refractivity contribution >= 4 is 17.5 Å². The number of hydrogen-bond acceptors (Lipinski definition) is 3. The largest absolute Gasteiger partial charge is 0.394 e.